The third-order valence-corrected chi connectivity index (χ3v) is 12.2. The van der Waals surface area contributed by atoms with Crippen LogP contribution in [0.15, 0.2) is 180 Å². The third-order valence-electron chi connectivity index (χ3n) is 11.1. The van der Waals surface area contributed by atoms with Crippen LogP contribution in [0.3, 0.4) is 0 Å². The number of aromatic nitrogens is 3. The van der Waals surface area contributed by atoms with Crippen molar-refractivity contribution in [3.8, 4) is 45.3 Å². The van der Waals surface area contributed by atoms with E-state index in [9.17, 15) is 0 Å². The summed E-state index contributed by atoms with van der Waals surface area (Å²) in [4.78, 5) is 15.5. The summed E-state index contributed by atoms with van der Waals surface area (Å²) in [6, 6.07) is 62.0. The predicted octanol–water partition coefficient (Wildman–Crippen LogP) is 14.3. The van der Waals surface area contributed by atoms with Crippen molar-refractivity contribution in [1.29, 1.82) is 0 Å². The minimum absolute atomic E-state index is 0.600. The molecule has 0 aliphatic carbocycles. The number of nitrogens with zero attached hydrogens (tertiary/aromatic N) is 3. The first-order chi connectivity index (χ1) is 27.7. The number of rotatable bonds is 4. The lowest BCUT2D eigenvalue weighted by molar-refractivity contribution is 0.670. The summed E-state index contributed by atoms with van der Waals surface area (Å²) in [6.07, 6.45) is 0. The summed E-state index contributed by atoms with van der Waals surface area (Å²) >= 11 is 1.84. The number of hydrogen-bond acceptors (Lipinski definition) is 5. The van der Waals surface area contributed by atoms with Crippen LogP contribution in [-0.2, 0) is 0 Å². The molecule has 0 saturated carbocycles. The Kier molecular flexibility index (Phi) is 6.76. The molecule has 9 aromatic carbocycles. The van der Waals surface area contributed by atoms with Crippen molar-refractivity contribution in [2.24, 2.45) is 0 Å². The summed E-state index contributed by atoms with van der Waals surface area (Å²) in [5.41, 5.74) is 6.63. The number of para-hydroxylation sites is 1. The predicted molar refractivity (Wildman–Crippen MR) is 234 cm³/mol. The molecule has 0 unspecified atom stereocenters. The van der Waals surface area contributed by atoms with E-state index in [0.29, 0.717) is 17.5 Å². The lowest BCUT2D eigenvalue weighted by atomic mass is 9.96. The topological polar surface area (TPSA) is 51.8 Å². The van der Waals surface area contributed by atoms with E-state index in [1.807, 2.05) is 41.7 Å². The molecule has 0 radical (unpaired) electrons. The van der Waals surface area contributed by atoms with Gasteiger partial charge in [0.2, 0.25) is 0 Å². The highest BCUT2D eigenvalue weighted by Crippen LogP contribution is 2.46. The average Bonchev–Trinajstić information content (AvgIpc) is 3.83. The fourth-order valence-corrected chi connectivity index (χ4v) is 9.63. The molecule has 0 aliphatic rings. The van der Waals surface area contributed by atoms with Crippen molar-refractivity contribution in [1.82, 2.24) is 15.0 Å². The summed E-state index contributed by atoms with van der Waals surface area (Å²) in [5, 5.41) is 11.8. The zero-order valence-corrected chi connectivity index (χ0v) is 30.7. The summed E-state index contributed by atoms with van der Waals surface area (Å²) < 4.78 is 9.40. The molecule has 0 saturated heterocycles. The van der Waals surface area contributed by atoms with Gasteiger partial charge in [0.15, 0.2) is 17.5 Å². The van der Waals surface area contributed by atoms with Gasteiger partial charge in [-0.1, -0.05) is 146 Å². The standard InChI is InChI=1S/C51H29N3OS/c1-2-12-32(13-3-1)49-52-50(35-26-25-31-24-23-30-11-6-7-16-36(30)41(31)28-35)54-51(53-49)40-20-9-21-43-46(40)39-19-8-18-38(48(39)55-43)37-17-10-22-44-47(37)42-27-33-14-4-5-15-34(33)29-45(42)56-44/h1-29H. The largest absolute Gasteiger partial charge is 0.455 e. The van der Waals surface area contributed by atoms with Crippen LogP contribution in [0.1, 0.15) is 0 Å². The van der Waals surface area contributed by atoms with Gasteiger partial charge >= 0.3 is 0 Å². The van der Waals surface area contributed by atoms with Crippen LogP contribution in [0.25, 0.3) is 120 Å². The van der Waals surface area contributed by atoms with E-state index in [1.165, 1.54) is 52.5 Å². The van der Waals surface area contributed by atoms with Gasteiger partial charge in [-0.15, -0.1) is 11.3 Å². The Morgan fingerprint density at radius 2 is 1.00 bits per heavy atom. The molecule has 4 nitrogen and oxygen atoms in total. The van der Waals surface area contributed by atoms with Crippen molar-refractivity contribution >= 4 is 85.8 Å². The van der Waals surface area contributed by atoms with E-state index in [-0.39, 0.29) is 0 Å². The van der Waals surface area contributed by atoms with E-state index in [2.05, 4.69) is 146 Å². The molecular weight excluding hydrogens is 703 g/mol. The fraction of sp³-hybridized carbons (Fsp3) is 0. The SMILES string of the molecule is c1ccc(-c2nc(-c3ccc4ccc5ccccc5c4c3)nc(-c3cccc4oc5c(-c6cccc7sc8cc9ccccc9cc8c67)cccc5c34)n2)cc1. The maximum Gasteiger partial charge on any atom is 0.164 e. The van der Waals surface area contributed by atoms with Gasteiger partial charge in [0.1, 0.15) is 11.2 Å². The molecule has 5 heteroatoms. The normalized spacial score (nSPS) is 11.9. The van der Waals surface area contributed by atoms with Gasteiger partial charge in [-0.2, -0.15) is 0 Å². The number of hydrogen-bond donors (Lipinski definition) is 0. The van der Waals surface area contributed by atoms with Crippen LogP contribution in [0.2, 0.25) is 0 Å². The molecule has 0 amide bonds. The molecule has 0 atom stereocenters. The Labute approximate surface area is 325 Å². The summed E-state index contributed by atoms with van der Waals surface area (Å²) in [5.74, 6) is 1.85. The van der Waals surface area contributed by atoms with Crippen LogP contribution in [-0.4, -0.2) is 15.0 Å². The molecule has 12 aromatic rings. The summed E-state index contributed by atoms with van der Waals surface area (Å²) in [7, 11) is 0. The minimum Gasteiger partial charge on any atom is -0.455 e. The van der Waals surface area contributed by atoms with Crippen molar-refractivity contribution in [2.45, 2.75) is 0 Å². The monoisotopic (exact) mass is 731 g/mol. The molecule has 3 heterocycles. The summed E-state index contributed by atoms with van der Waals surface area (Å²) in [6.45, 7) is 0. The van der Waals surface area contributed by atoms with Crippen molar-refractivity contribution in [3.05, 3.63) is 176 Å². The Bertz CT molecular complexity index is 3550. The zero-order valence-electron chi connectivity index (χ0n) is 29.9. The van der Waals surface area contributed by atoms with Crippen LogP contribution in [0.5, 0.6) is 0 Å². The molecule has 0 bridgehead atoms. The van der Waals surface area contributed by atoms with E-state index in [0.717, 1.165) is 49.8 Å². The Morgan fingerprint density at radius 1 is 0.357 bits per heavy atom. The molecule has 0 N–H and O–H groups in total. The zero-order chi connectivity index (χ0) is 36.7. The Balaban J connectivity index is 1.08. The van der Waals surface area contributed by atoms with Gasteiger partial charge in [0.05, 0.1) is 0 Å². The third kappa shape index (κ3) is 4.81. The quantitative estimate of drug-likeness (QED) is 0.169. The first-order valence-electron chi connectivity index (χ1n) is 18.8. The molecule has 56 heavy (non-hydrogen) atoms. The van der Waals surface area contributed by atoms with E-state index in [1.54, 1.807) is 0 Å². The second kappa shape index (κ2) is 12.2. The lowest BCUT2D eigenvalue weighted by Crippen LogP contribution is -2.00. The van der Waals surface area contributed by atoms with Crippen molar-refractivity contribution in [2.75, 3.05) is 0 Å². The number of thiophene rings is 1. The minimum atomic E-state index is 0.600. The smallest absolute Gasteiger partial charge is 0.164 e. The Hall–Kier alpha value is -7.21. The van der Waals surface area contributed by atoms with Gasteiger partial charge in [-0.05, 0) is 68.2 Å². The molecule has 3 aromatic heterocycles. The molecule has 0 aliphatic heterocycles. The molecule has 12 rings (SSSR count). The van der Waals surface area contributed by atoms with Gasteiger partial charge in [-0.25, -0.2) is 15.0 Å². The first kappa shape index (κ1) is 31.2. The lowest BCUT2D eigenvalue weighted by Gasteiger charge is -2.10. The van der Waals surface area contributed by atoms with Gasteiger partial charge < -0.3 is 4.42 Å². The van der Waals surface area contributed by atoms with Gasteiger partial charge in [0, 0.05) is 53.2 Å². The highest BCUT2D eigenvalue weighted by Gasteiger charge is 2.21. The average molecular weight is 732 g/mol. The number of benzene rings is 9. The highest BCUT2D eigenvalue weighted by molar-refractivity contribution is 7.26. The van der Waals surface area contributed by atoms with E-state index < -0.39 is 0 Å². The van der Waals surface area contributed by atoms with Crippen LogP contribution >= 0.6 is 11.3 Å². The van der Waals surface area contributed by atoms with E-state index in [4.69, 9.17) is 19.4 Å². The maximum atomic E-state index is 6.86. The van der Waals surface area contributed by atoms with Crippen LogP contribution < -0.4 is 0 Å². The van der Waals surface area contributed by atoms with Crippen LogP contribution in [0.4, 0.5) is 0 Å². The van der Waals surface area contributed by atoms with Crippen molar-refractivity contribution < 1.29 is 4.42 Å². The second-order valence-corrected chi connectivity index (χ2v) is 15.4. The van der Waals surface area contributed by atoms with Gasteiger partial charge in [0.25, 0.3) is 0 Å². The van der Waals surface area contributed by atoms with Crippen LogP contribution in [0, 0.1) is 0 Å². The number of fused-ring (bicyclic) bond motifs is 10. The fourth-order valence-electron chi connectivity index (χ4n) is 8.47. The first-order valence-corrected chi connectivity index (χ1v) is 19.6. The van der Waals surface area contributed by atoms with Gasteiger partial charge in [-0.3, -0.25) is 0 Å². The Morgan fingerprint density at radius 3 is 1.88 bits per heavy atom. The molecule has 0 fully saturated rings. The molecular formula is C51H29N3OS. The maximum absolute atomic E-state index is 6.86. The molecule has 260 valence electrons. The second-order valence-electron chi connectivity index (χ2n) is 14.3. The highest BCUT2D eigenvalue weighted by atomic mass is 32.1. The van der Waals surface area contributed by atoms with E-state index >= 15 is 0 Å². The number of furan rings is 1. The molecule has 0 spiro atoms. The van der Waals surface area contributed by atoms with Crippen molar-refractivity contribution in [3.63, 3.8) is 0 Å².